The molecule has 0 heterocycles. The van der Waals surface area contributed by atoms with Crippen LogP contribution in [-0.2, 0) is 28.6 Å². The Hall–Kier alpha value is -3.67. The van der Waals surface area contributed by atoms with E-state index in [1.54, 1.807) is 0 Å². The monoisotopic (exact) mass is 1060 g/mol. The van der Waals surface area contributed by atoms with Crippen LogP contribution in [0.1, 0.15) is 310 Å². The van der Waals surface area contributed by atoms with Crippen LogP contribution in [-0.4, -0.2) is 37.2 Å². The molecule has 0 rings (SSSR count). The van der Waals surface area contributed by atoms with E-state index in [0.717, 1.165) is 116 Å². The van der Waals surface area contributed by atoms with Crippen LogP contribution in [0.2, 0.25) is 0 Å². The van der Waals surface area contributed by atoms with Gasteiger partial charge in [0.25, 0.3) is 0 Å². The number of rotatable bonds is 58. The molecule has 0 aliphatic heterocycles. The van der Waals surface area contributed by atoms with E-state index < -0.39 is 6.10 Å². The molecular weight excluding hydrogens is 937 g/mol. The molecule has 0 spiro atoms. The van der Waals surface area contributed by atoms with E-state index in [1.165, 1.54) is 154 Å². The van der Waals surface area contributed by atoms with Gasteiger partial charge in [0.15, 0.2) is 6.10 Å². The molecule has 0 aromatic heterocycles. The molecule has 6 heteroatoms. The zero-order valence-electron chi connectivity index (χ0n) is 50.0. The molecule has 0 fully saturated rings. The first-order chi connectivity index (χ1) is 37.5. The zero-order chi connectivity index (χ0) is 55.0. The average Bonchev–Trinajstić information content (AvgIpc) is 3.42. The summed E-state index contributed by atoms with van der Waals surface area (Å²) in [6, 6.07) is 0. The molecule has 1 unspecified atom stereocenters. The van der Waals surface area contributed by atoms with Gasteiger partial charge in [-0.15, -0.1) is 0 Å². The van der Waals surface area contributed by atoms with Crippen LogP contribution >= 0.6 is 0 Å². The molecule has 0 N–H and O–H groups in total. The molecule has 0 amide bonds. The number of hydrogen-bond acceptors (Lipinski definition) is 6. The molecule has 6 nitrogen and oxygen atoms in total. The first kappa shape index (κ1) is 72.3. The summed E-state index contributed by atoms with van der Waals surface area (Å²) in [5, 5.41) is 0. The van der Waals surface area contributed by atoms with Crippen molar-refractivity contribution in [3.05, 3.63) is 97.2 Å². The fraction of sp³-hybridized carbons (Fsp3) is 0.729. The highest BCUT2D eigenvalue weighted by atomic mass is 16.6. The lowest BCUT2D eigenvalue weighted by atomic mass is 10.1. The topological polar surface area (TPSA) is 78.9 Å². The summed E-state index contributed by atoms with van der Waals surface area (Å²) in [5.41, 5.74) is 0. The van der Waals surface area contributed by atoms with Crippen molar-refractivity contribution >= 4 is 17.9 Å². The van der Waals surface area contributed by atoms with Crippen molar-refractivity contribution < 1.29 is 28.6 Å². The van der Waals surface area contributed by atoms with Gasteiger partial charge >= 0.3 is 17.9 Å². The lowest BCUT2D eigenvalue weighted by molar-refractivity contribution is -0.167. The predicted molar refractivity (Wildman–Crippen MR) is 330 cm³/mol. The third-order valence-corrected chi connectivity index (χ3v) is 13.8. The van der Waals surface area contributed by atoms with E-state index in [9.17, 15) is 14.4 Å². The molecule has 0 aliphatic rings. The number of carbonyl (C=O) groups excluding carboxylic acids is 3. The molecule has 76 heavy (non-hydrogen) atoms. The van der Waals surface area contributed by atoms with Gasteiger partial charge in [-0.1, -0.05) is 266 Å². The standard InChI is InChI=1S/C70H120O6/c1-4-7-10-13-16-19-22-25-28-31-34-35-37-39-42-45-48-51-54-57-60-63-69(72)75-66-67(65-74-68(71)62-59-56-53-50-47-44-41-38-33-30-27-24-21-18-15-12-9-6-3)76-70(73)64-61-58-55-52-49-46-43-40-36-32-29-26-23-20-17-14-11-8-5-2/h7,10,16-17,19-20,25-26,28-30,33-36,40,67H,4-6,8-9,11-15,18,21-24,27,31-32,37-39,41-66H2,1-3H3/b10-7-,19-16-,20-17-,28-25-,29-26-,33-30-,35-34-,40-36-. The Morgan fingerprint density at radius 3 is 0.842 bits per heavy atom. The van der Waals surface area contributed by atoms with Gasteiger partial charge in [-0.2, -0.15) is 0 Å². The van der Waals surface area contributed by atoms with Gasteiger partial charge < -0.3 is 14.2 Å². The summed E-state index contributed by atoms with van der Waals surface area (Å²) in [6.45, 7) is 6.51. The van der Waals surface area contributed by atoms with Crippen LogP contribution in [0.25, 0.3) is 0 Å². The average molecular weight is 1060 g/mol. The Morgan fingerprint density at radius 1 is 0.276 bits per heavy atom. The van der Waals surface area contributed by atoms with Crippen LogP contribution in [0.5, 0.6) is 0 Å². The van der Waals surface area contributed by atoms with E-state index in [0.29, 0.717) is 19.3 Å². The first-order valence-electron chi connectivity index (χ1n) is 32.2. The number of ether oxygens (including phenoxy) is 3. The third kappa shape index (κ3) is 61.2. The highest BCUT2D eigenvalue weighted by Crippen LogP contribution is 2.16. The van der Waals surface area contributed by atoms with Gasteiger partial charge in [0.1, 0.15) is 13.2 Å². The largest absolute Gasteiger partial charge is 0.462 e. The number of allylic oxidation sites excluding steroid dienone is 16. The van der Waals surface area contributed by atoms with E-state index >= 15 is 0 Å². The van der Waals surface area contributed by atoms with Crippen LogP contribution < -0.4 is 0 Å². The molecule has 0 aliphatic carbocycles. The molecule has 0 bridgehead atoms. The maximum atomic E-state index is 12.9. The van der Waals surface area contributed by atoms with Crippen molar-refractivity contribution in [1.29, 1.82) is 0 Å². The van der Waals surface area contributed by atoms with E-state index in [-0.39, 0.29) is 31.1 Å². The van der Waals surface area contributed by atoms with Gasteiger partial charge in [-0.25, -0.2) is 0 Å². The summed E-state index contributed by atoms with van der Waals surface area (Å²) in [7, 11) is 0. The fourth-order valence-electron chi connectivity index (χ4n) is 8.97. The van der Waals surface area contributed by atoms with E-state index in [2.05, 4.69) is 118 Å². The maximum absolute atomic E-state index is 12.9. The van der Waals surface area contributed by atoms with Crippen molar-refractivity contribution in [2.24, 2.45) is 0 Å². The van der Waals surface area contributed by atoms with Crippen molar-refractivity contribution in [2.45, 2.75) is 316 Å². The highest BCUT2D eigenvalue weighted by Gasteiger charge is 2.19. The molecule has 0 aromatic rings. The highest BCUT2D eigenvalue weighted by molar-refractivity contribution is 5.71. The van der Waals surface area contributed by atoms with Gasteiger partial charge in [0.2, 0.25) is 0 Å². The number of hydrogen-bond donors (Lipinski definition) is 0. The summed E-state index contributed by atoms with van der Waals surface area (Å²) in [5.74, 6) is -0.902. The minimum Gasteiger partial charge on any atom is -0.462 e. The SMILES string of the molecule is CC/C=C\C/C=C\C/C=C\C/C=C\CCCCCCCCCCC(=O)OCC(COC(=O)CCCCCCCCC/C=C\CCCCCCCCC)OC(=O)CCCCCCCC/C=C\C/C=C\C/C=C\CCCCC. The van der Waals surface area contributed by atoms with Crippen molar-refractivity contribution in [3.8, 4) is 0 Å². The molecule has 0 aromatic carbocycles. The van der Waals surface area contributed by atoms with Crippen molar-refractivity contribution in [2.75, 3.05) is 13.2 Å². The lowest BCUT2D eigenvalue weighted by Gasteiger charge is -2.18. The normalized spacial score (nSPS) is 12.7. The fourth-order valence-corrected chi connectivity index (χ4v) is 8.97. The van der Waals surface area contributed by atoms with Crippen LogP contribution in [0.3, 0.4) is 0 Å². The second-order valence-electron chi connectivity index (χ2n) is 21.3. The second kappa shape index (κ2) is 63.9. The van der Waals surface area contributed by atoms with Crippen LogP contribution in [0.15, 0.2) is 97.2 Å². The summed E-state index contributed by atoms with van der Waals surface area (Å²) < 4.78 is 16.9. The molecular formula is C70H120O6. The Labute approximate surface area is 470 Å². The molecule has 0 saturated heterocycles. The van der Waals surface area contributed by atoms with E-state index in [1.807, 2.05) is 0 Å². The maximum Gasteiger partial charge on any atom is 0.306 e. The quantitative estimate of drug-likeness (QED) is 0.0261. The van der Waals surface area contributed by atoms with Gasteiger partial charge in [-0.3, -0.25) is 14.4 Å². The van der Waals surface area contributed by atoms with Crippen LogP contribution in [0.4, 0.5) is 0 Å². The van der Waals surface area contributed by atoms with Gasteiger partial charge in [0, 0.05) is 19.3 Å². The Kier molecular flexibility index (Phi) is 60.8. The third-order valence-electron chi connectivity index (χ3n) is 13.8. The second-order valence-corrected chi connectivity index (χ2v) is 21.3. The Balaban J connectivity index is 4.43. The minimum absolute atomic E-state index is 0.0872. The molecule has 1 atom stereocenters. The van der Waals surface area contributed by atoms with Gasteiger partial charge in [0.05, 0.1) is 0 Å². The lowest BCUT2D eigenvalue weighted by Crippen LogP contribution is -2.30. The molecule has 0 radical (unpaired) electrons. The molecule has 436 valence electrons. The number of carbonyl (C=O) groups is 3. The van der Waals surface area contributed by atoms with Crippen molar-refractivity contribution in [3.63, 3.8) is 0 Å². The first-order valence-corrected chi connectivity index (χ1v) is 32.2. The van der Waals surface area contributed by atoms with Crippen LogP contribution in [0, 0.1) is 0 Å². The summed E-state index contributed by atoms with van der Waals surface area (Å²) in [4.78, 5) is 38.4. The van der Waals surface area contributed by atoms with Crippen molar-refractivity contribution in [1.82, 2.24) is 0 Å². The van der Waals surface area contributed by atoms with Gasteiger partial charge in [-0.05, 0) is 122 Å². The smallest absolute Gasteiger partial charge is 0.306 e. The number of unbranched alkanes of at least 4 members (excludes halogenated alkanes) is 31. The Bertz CT molecular complexity index is 1490. The predicted octanol–water partition coefficient (Wildman–Crippen LogP) is 22.0. The summed E-state index contributed by atoms with van der Waals surface area (Å²) in [6.07, 6.45) is 85.4. The number of esters is 3. The minimum atomic E-state index is -0.792. The zero-order valence-corrected chi connectivity index (χ0v) is 50.0. The Morgan fingerprint density at radius 2 is 0.513 bits per heavy atom. The summed E-state index contributed by atoms with van der Waals surface area (Å²) >= 11 is 0. The molecule has 0 saturated carbocycles. The van der Waals surface area contributed by atoms with E-state index in [4.69, 9.17) is 14.2 Å².